The zero-order chi connectivity index (χ0) is 32.4. The SMILES string of the molecule is CCCNC(=O)[C@H](Cc1ccccc1)N(Cc1ccccc1F)C(=O)CN(c1ccc(C(C)C)cc1)S(=O)(=O)c1ccccc1. The second-order valence-electron chi connectivity index (χ2n) is 11.2. The molecule has 236 valence electrons. The third-order valence-corrected chi connectivity index (χ3v) is 9.36. The number of benzene rings is 4. The van der Waals surface area contributed by atoms with Gasteiger partial charge in [0.05, 0.1) is 10.6 Å². The maximum absolute atomic E-state index is 15.0. The van der Waals surface area contributed by atoms with E-state index in [0.717, 1.165) is 15.4 Å². The number of hydrogen-bond acceptors (Lipinski definition) is 4. The molecule has 0 bridgehead atoms. The molecule has 0 fully saturated rings. The van der Waals surface area contributed by atoms with E-state index in [0.29, 0.717) is 18.7 Å². The van der Waals surface area contributed by atoms with Crippen molar-refractivity contribution in [2.24, 2.45) is 0 Å². The Morgan fingerprint density at radius 1 is 0.822 bits per heavy atom. The summed E-state index contributed by atoms with van der Waals surface area (Å²) in [5.41, 5.74) is 2.33. The van der Waals surface area contributed by atoms with Crippen LogP contribution in [0.5, 0.6) is 0 Å². The number of hydrogen-bond donors (Lipinski definition) is 1. The van der Waals surface area contributed by atoms with Gasteiger partial charge in [0, 0.05) is 25.1 Å². The molecule has 7 nitrogen and oxygen atoms in total. The quantitative estimate of drug-likeness (QED) is 0.177. The van der Waals surface area contributed by atoms with Gasteiger partial charge in [-0.15, -0.1) is 0 Å². The summed E-state index contributed by atoms with van der Waals surface area (Å²) in [6.45, 7) is 5.56. The first-order valence-electron chi connectivity index (χ1n) is 15.1. The van der Waals surface area contributed by atoms with Crippen molar-refractivity contribution in [3.8, 4) is 0 Å². The van der Waals surface area contributed by atoms with Gasteiger partial charge in [-0.3, -0.25) is 13.9 Å². The van der Waals surface area contributed by atoms with Crippen molar-refractivity contribution in [2.45, 2.75) is 57.0 Å². The number of carbonyl (C=O) groups is 2. The second kappa shape index (κ2) is 15.5. The van der Waals surface area contributed by atoms with Gasteiger partial charge in [-0.05, 0) is 53.8 Å². The summed E-state index contributed by atoms with van der Waals surface area (Å²) < 4.78 is 44.2. The van der Waals surface area contributed by atoms with Crippen LogP contribution in [0, 0.1) is 5.82 Å². The van der Waals surface area contributed by atoms with Crippen molar-refractivity contribution in [3.05, 3.63) is 132 Å². The first-order valence-corrected chi connectivity index (χ1v) is 16.6. The Bertz CT molecular complexity index is 1660. The molecule has 0 radical (unpaired) electrons. The molecule has 2 amide bonds. The summed E-state index contributed by atoms with van der Waals surface area (Å²) >= 11 is 0. The van der Waals surface area contributed by atoms with E-state index in [-0.39, 0.29) is 29.3 Å². The maximum atomic E-state index is 15.0. The van der Waals surface area contributed by atoms with Gasteiger partial charge < -0.3 is 10.2 Å². The molecule has 0 aliphatic heterocycles. The number of sulfonamides is 1. The third kappa shape index (κ3) is 8.57. The third-order valence-electron chi connectivity index (χ3n) is 7.58. The molecule has 0 unspecified atom stereocenters. The van der Waals surface area contributed by atoms with E-state index in [4.69, 9.17) is 0 Å². The molecule has 4 aromatic carbocycles. The number of carbonyl (C=O) groups excluding carboxylic acids is 2. The lowest BCUT2D eigenvalue weighted by atomic mass is 10.0. The van der Waals surface area contributed by atoms with E-state index in [1.807, 2.05) is 63.2 Å². The Balaban J connectivity index is 1.80. The average molecular weight is 630 g/mol. The predicted octanol–water partition coefficient (Wildman–Crippen LogP) is 6.31. The monoisotopic (exact) mass is 629 g/mol. The highest BCUT2D eigenvalue weighted by Gasteiger charge is 2.35. The van der Waals surface area contributed by atoms with E-state index >= 15 is 4.39 Å². The van der Waals surface area contributed by atoms with E-state index in [2.05, 4.69) is 5.32 Å². The molecule has 9 heteroatoms. The van der Waals surface area contributed by atoms with Crippen LogP contribution in [0.25, 0.3) is 0 Å². The Morgan fingerprint density at radius 2 is 1.42 bits per heavy atom. The van der Waals surface area contributed by atoms with Gasteiger partial charge in [0.15, 0.2) is 0 Å². The van der Waals surface area contributed by atoms with Crippen molar-refractivity contribution < 1.29 is 22.4 Å². The van der Waals surface area contributed by atoms with Crippen molar-refractivity contribution in [2.75, 3.05) is 17.4 Å². The molecule has 0 saturated heterocycles. The van der Waals surface area contributed by atoms with Crippen LogP contribution in [-0.2, 0) is 32.6 Å². The summed E-state index contributed by atoms with van der Waals surface area (Å²) in [4.78, 5) is 29.4. The van der Waals surface area contributed by atoms with Crippen molar-refractivity contribution in [1.82, 2.24) is 10.2 Å². The molecule has 1 N–H and O–H groups in total. The number of nitrogens with zero attached hydrogens (tertiary/aromatic N) is 2. The lowest BCUT2D eigenvalue weighted by Crippen LogP contribution is -2.53. The van der Waals surface area contributed by atoms with Crippen LogP contribution in [-0.4, -0.2) is 44.3 Å². The molecule has 0 aliphatic rings. The lowest BCUT2D eigenvalue weighted by Gasteiger charge is -2.34. The molecule has 0 heterocycles. The first-order chi connectivity index (χ1) is 21.6. The maximum Gasteiger partial charge on any atom is 0.264 e. The van der Waals surface area contributed by atoms with Crippen LogP contribution in [0.1, 0.15) is 49.8 Å². The van der Waals surface area contributed by atoms with Crippen molar-refractivity contribution in [3.63, 3.8) is 0 Å². The highest BCUT2D eigenvalue weighted by Crippen LogP contribution is 2.27. The van der Waals surface area contributed by atoms with Gasteiger partial charge >= 0.3 is 0 Å². The van der Waals surface area contributed by atoms with Crippen LogP contribution >= 0.6 is 0 Å². The van der Waals surface area contributed by atoms with Crippen LogP contribution in [0.3, 0.4) is 0 Å². The highest BCUT2D eigenvalue weighted by molar-refractivity contribution is 7.92. The lowest BCUT2D eigenvalue weighted by molar-refractivity contribution is -0.140. The van der Waals surface area contributed by atoms with Crippen molar-refractivity contribution in [1.29, 1.82) is 0 Å². The fraction of sp³-hybridized carbons (Fsp3) is 0.278. The Kier molecular flexibility index (Phi) is 11.5. The van der Waals surface area contributed by atoms with E-state index < -0.39 is 40.2 Å². The number of amides is 2. The predicted molar refractivity (Wildman–Crippen MR) is 176 cm³/mol. The minimum atomic E-state index is -4.20. The largest absolute Gasteiger partial charge is 0.354 e. The molecule has 0 spiro atoms. The minimum Gasteiger partial charge on any atom is -0.354 e. The fourth-order valence-corrected chi connectivity index (χ4v) is 6.44. The van der Waals surface area contributed by atoms with Crippen LogP contribution < -0.4 is 9.62 Å². The molecular formula is C36H40FN3O4S. The van der Waals surface area contributed by atoms with E-state index in [1.165, 1.54) is 23.1 Å². The Morgan fingerprint density at radius 3 is 2.02 bits per heavy atom. The van der Waals surface area contributed by atoms with Gasteiger partial charge in [0.1, 0.15) is 18.4 Å². The summed E-state index contributed by atoms with van der Waals surface area (Å²) in [7, 11) is -4.20. The normalized spacial score (nSPS) is 12.0. The smallest absolute Gasteiger partial charge is 0.264 e. The standard InChI is InChI=1S/C36H40FN3O4S/c1-4-23-38-36(42)34(24-28-13-7-5-8-14-28)39(25-30-15-11-12-18-33(30)37)35(41)26-40(31-21-19-29(20-22-31)27(2)3)45(43,44)32-16-9-6-10-17-32/h5-22,27,34H,4,23-26H2,1-3H3,(H,38,42)/t34-/m0/s1. The molecule has 0 saturated carbocycles. The molecule has 0 aromatic heterocycles. The summed E-state index contributed by atoms with van der Waals surface area (Å²) in [5.74, 6) is -1.35. The van der Waals surface area contributed by atoms with Gasteiger partial charge in [0.25, 0.3) is 10.0 Å². The fourth-order valence-electron chi connectivity index (χ4n) is 5.00. The zero-order valence-electron chi connectivity index (χ0n) is 25.9. The summed E-state index contributed by atoms with van der Waals surface area (Å²) in [6, 6.07) is 29.2. The zero-order valence-corrected chi connectivity index (χ0v) is 26.7. The first kappa shape index (κ1) is 33.4. The van der Waals surface area contributed by atoms with Crippen LogP contribution in [0.2, 0.25) is 0 Å². The van der Waals surface area contributed by atoms with Gasteiger partial charge in [-0.2, -0.15) is 0 Å². The Hall–Kier alpha value is -4.50. The Labute approximate surface area is 265 Å². The molecule has 4 aromatic rings. The van der Waals surface area contributed by atoms with E-state index in [1.54, 1.807) is 48.5 Å². The average Bonchev–Trinajstić information content (AvgIpc) is 3.05. The molecule has 1 atom stereocenters. The summed E-state index contributed by atoms with van der Waals surface area (Å²) in [5, 5.41) is 2.89. The minimum absolute atomic E-state index is 0.0212. The number of nitrogens with one attached hydrogen (secondary N) is 1. The van der Waals surface area contributed by atoms with Gasteiger partial charge in [-0.25, -0.2) is 12.8 Å². The molecular weight excluding hydrogens is 589 g/mol. The van der Waals surface area contributed by atoms with Gasteiger partial charge in [0.2, 0.25) is 11.8 Å². The molecule has 4 rings (SSSR count). The number of halogens is 1. The molecule has 45 heavy (non-hydrogen) atoms. The van der Waals surface area contributed by atoms with Gasteiger partial charge in [-0.1, -0.05) is 99.6 Å². The molecule has 0 aliphatic carbocycles. The number of rotatable bonds is 14. The topological polar surface area (TPSA) is 86.8 Å². The number of anilines is 1. The summed E-state index contributed by atoms with van der Waals surface area (Å²) in [6.07, 6.45) is 0.839. The van der Waals surface area contributed by atoms with E-state index in [9.17, 15) is 18.0 Å². The van der Waals surface area contributed by atoms with Crippen molar-refractivity contribution >= 4 is 27.5 Å². The van der Waals surface area contributed by atoms with Crippen LogP contribution in [0.4, 0.5) is 10.1 Å². The second-order valence-corrected chi connectivity index (χ2v) is 13.0. The van der Waals surface area contributed by atoms with Crippen LogP contribution in [0.15, 0.2) is 114 Å². The highest BCUT2D eigenvalue weighted by atomic mass is 32.2.